The van der Waals surface area contributed by atoms with Crippen LogP contribution < -0.4 is 10.6 Å². The zero-order valence-electron chi connectivity index (χ0n) is 9.89. The molecule has 0 fully saturated rings. The summed E-state index contributed by atoms with van der Waals surface area (Å²) in [6.45, 7) is 5.08. The van der Waals surface area contributed by atoms with Crippen LogP contribution in [0.15, 0.2) is 22.7 Å². The summed E-state index contributed by atoms with van der Waals surface area (Å²) in [5, 5.41) is 6.33. The van der Waals surface area contributed by atoms with Gasteiger partial charge in [0.05, 0.1) is 5.69 Å². The fourth-order valence-electron chi connectivity index (χ4n) is 1.23. The molecular weight excluding hydrogens is 303 g/mol. The van der Waals surface area contributed by atoms with Gasteiger partial charge in [0.15, 0.2) is 5.11 Å². The first kappa shape index (κ1) is 14.4. The molecule has 1 aromatic carbocycles. The van der Waals surface area contributed by atoms with Crippen LogP contribution in [0.1, 0.15) is 20.3 Å². The standard InChI is InChI=1S/C12H16BrFN2S/c1-8(2)5-6-15-12(17)16-11-4-3-9(13)7-10(11)14/h3-4,7-8H,5-6H2,1-2H3,(H2,15,16,17). The molecule has 0 unspecified atom stereocenters. The molecule has 2 nitrogen and oxygen atoms in total. The van der Waals surface area contributed by atoms with E-state index in [0.29, 0.717) is 21.2 Å². The number of halogens is 2. The smallest absolute Gasteiger partial charge is 0.170 e. The Kier molecular flexibility index (Phi) is 5.85. The summed E-state index contributed by atoms with van der Waals surface area (Å²) in [6, 6.07) is 4.82. The van der Waals surface area contributed by atoms with Crippen molar-refractivity contribution < 1.29 is 4.39 Å². The van der Waals surface area contributed by atoms with Crippen molar-refractivity contribution in [3.63, 3.8) is 0 Å². The second-order valence-electron chi connectivity index (χ2n) is 4.19. The van der Waals surface area contributed by atoms with Crippen molar-refractivity contribution in [3.05, 3.63) is 28.5 Å². The van der Waals surface area contributed by atoms with Crippen LogP contribution in [0.25, 0.3) is 0 Å². The van der Waals surface area contributed by atoms with Gasteiger partial charge in [-0.3, -0.25) is 0 Å². The monoisotopic (exact) mass is 318 g/mol. The normalized spacial score (nSPS) is 10.4. The fourth-order valence-corrected chi connectivity index (χ4v) is 1.78. The quantitative estimate of drug-likeness (QED) is 0.823. The Balaban J connectivity index is 2.45. The van der Waals surface area contributed by atoms with Crippen molar-refractivity contribution in [2.75, 3.05) is 11.9 Å². The van der Waals surface area contributed by atoms with E-state index in [9.17, 15) is 4.39 Å². The van der Waals surface area contributed by atoms with Gasteiger partial charge in [0.2, 0.25) is 0 Å². The summed E-state index contributed by atoms with van der Waals surface area (Å²) >= 11 is 8.28. The lowest BCUT2D eigenvalue weighted by molar-refractivity contribution is 0.579. The molecule has 94 valence electrons. The molecule has 0 aliphatic heterocycles. The van der Waals surface area contributed by atoms with Crippen LogP contribution in [0.4, 0.5) is 10.1 Å². The fraction of sp³-hybridized carbons (Fsp3) is 0.417. The van der Waals surface area contributed by atoms with Crippen LogP contribution in [0.3, 0.4) is 0 Å². The summed E-state index contributed by atoms with van der Waals surface area (Å²) in [7, 11) is 0. The zero-order chi connectivity index (χ0) is 12.8. The summed E-state index contributed by atoms with van der Waals surface area (Å²) in [6.07, 6.45) is 1.03. The largest absolute Gasteiger partial charge is 0.362 e. The van der Waals surface area contributed by atoms with E-state index in [-0.39, 0.29) is 5.82 Å². The molecule has 0 bridgehead atoms. The van der Waals surface area contributed by atoms with Gasteiger partial charge >= 0.3 is 0 Å². The van der Waals surface area contributed by atoms with E-state index in [1.807, 2.05) is 0 Å². The molecule has 1 aromatic rings. The maximum Gasteiger partial charge on any atom is 0.170 e. The first-order chi connectivity index (χ1) is 7.99. The topological polar surface area (TPSA) is 24.1 Å². The second-order valence-corrected chi connectivity index (χ2v) is 5.51. The van der Waals surface area contributed by atoms with Crippen LogP contribution in [0, 0.1) is 11.7 Å². The molecule has 0 radical (unpaired) electrons. The molecule has 1 rings (SSSR count). The summed E-state index contributed by atoms with van der Waals surface area (Å²) in [5.74, 6) is 0.294. The highest BCUT2D eigenvalue weighted by molar-refractivity contribution is 9.10. The van der Waals surface area contributed by atoms with Gasteiger partial charge in [0, 0.05) is 11.0 Å². The predicted octanol–water partition coefficient (Wildman–Crippen LogP) is 3.92. The summed E-state index contributed by atoms with van der Waals surface area (Å²) in [5.41, 5.74) is 0.384. The van der Waals surface area contributed by atoms with E-state index in [4.69, 9.17) is 12.2 Å². The zero-order valence-corrected chi connectivity index (χ0v) is 12.3. The Morgan fingerprint density at radius 1 is 1.47 bits per heavy atom. The SMILES string of the molecule is CC(C)CCNC(=S)Nc1ccc(Br)cc1F. The summed E-state index contributed by atoms with van der Waals surface area (Å²) < 4.78 is 14.2. The lowest BCUT2D eigenvalue weighted by Gasteiger charge is -2.12. The molecule has 17 heavy (non-hydrogen) atoms. The molecule has 0 spiro atoms. The molecule has 0 aliphatic carbocycles. The first-order valence-corrected chi connectivity index (χ1v) is 6.69. The minimum atomic E-state index is -0.326. The highest BCUT2D eigenvalue weighted by Crippen LogP contribution is 2.19. The Labute approximate surface area is 115 Å². The van der Waals surface area contributed by atoms with Gasteiger partial charge in [0.25, 0.3) is 0 Å². The van der Waals surface area contributed by atoms with E-state index < -0.39 is 0 Å². The minimum absolute atomic E-state index is 0.326. The van der Waals surface area contributed by atoms with E-state index in [1.165, 1.54) is 6.07 Å². The lowest BCUT2D eigenvalue weighted by Crippen LogP contribution is -2.30. The lowest BCUT2D eigenvalue weighted by atomic mass is 10.1. The highest BCUT2D eigenvalue weighted by Gasteiger charge is 2.04. The van der Waals surface area contributed by atoms with Gasteiger partial charge in [0.1, 0.15) is 5.82 Å². The van der Waals surface area contributed by atoms with Gasteiger partial charge in [-0.05, 0) is 42.8 Å². The third-order valence-electron chi connectivity index (χ3n) is 2.19. The molecule has 5 heteroatoms. The minimum Gasteiger partial charge on any atom is -0.362 e. The Morgan fingerprint density at radius 3 is 2.76 bits per heavy atom. The molecule has 0 saturated heterocycles. The van der Waals surface area contributed by atoms with Crippen LogP contribution in [0.5, 0.6) is 0 Å². The number of benzene rings is 1. The van der Waals surface area contributed by atoms with Gasteiger partial charge < -0.3 is 10.6 Å². The van der Waals surface area contributed by atoms with E-state index in [2.05, 4.69) is 40.4 Å². The highest BCUT2D eigenvalue weighted by atomic mass is 79.9. The molecule has 2 N–H and O–H groups in total. The van der Waals surface area contributed by atoms with Crippen molar-refractivity contribution in [1.82, 2.24) is 5.32 Å². The number of hydrogen-bond acceptors (Lipinski definition) is 1. The van der Waals surface area contributed by atoms with Gasteiger partial charge in [-0.2, -0.15) is 0 Å². The molecule has 0 saturated carbocycles. The number of nitrogens with one attached hydrogen (secondary N) is 2. The van der Waals surface area contributed by atoms with Crippen LogP contribution in [-0.4, -0.2) is 11.7 Å². The van der Waals surface area contributed by atoms with E-state index >= 15 is 0 Å². The summed E-state index contributed by atoms with van der Waals surface area (Å²) in [4.78, 5) is 0. The van der Waals surface area contributed by atoms with Crippen molar-refractivity contribution in [2.24, 2.45) is 5.92 Å². The number of hydrogen-bond donors (Lipinski definition) is 2. The number of rotatable bonds is 4. The first-order valence-electron chi connectivity index (χ1n) is 5.49. The average Bonchev–Trinajstić information content (AvgIpc) is 2.21. The van der Waals surface area contributed by atoms with Gasteiger partial charge in [-0.15, -0.1) is 0 Å². The maximum atomic E-state index is 13.5. The van der Waals surface area contributed by atoms with Crippen molar-refractivity contribution >= 4 is 38.9 Å². The van der Waals surface area contributed by atoms with Crippen molar-refractivity contribution in [2.45, 2.75) is 20.3 Å². The Morgan fingerprint density at radius 2 is 2.18 bits per heavy atom. The third kappa shape index (κ3) is 5.46. The van der Waals surface area contributed by atoms with E-state index in [1.54, 1.807) is 12.1 Å². The van der Waals surface area contributed by atoms with E-state index in [0.717, 1.165) is 13.0 Å². The van der Waals surface area contributed by atoms with Crippen LogP contribution in [0.2, 0.25) is 0 Å². The van der Waals surface area contributed by atoms with Crippen molar-refractivity contribution in [1.29, 1.82) is 0 Å². The Hall–Kier alpha value is -0.680. The molecule has 0 aromatic heterocycles. The molecule has 0 heterocycles. The predicted molar refractivity (Wildman–Crippen MR) is 77.8 cm³/mol. The third-order valence-corrected chi connectivity index (χ3v) is 2.93. The maximum absolute atomic E-state index is 13.5. The number of thiocarbonyl (C=S) groups is 1. The van der Waals surface area contributed by atoms with Gasteiger partial charge in [-0.1, -0.05) is 29.8 Å². The van der Waals surface area contributed by atoms with Crippen LogP contribution in [-0.2, 0) is 0 Å². The molecular formula is C12H16BrFN2S. The molecule has 0 aliphatic rings. The molecule has 0 atom stereocenters. The second kappa shape index (κ2) is 6.91. The number of anilines is 1. The van der Waals surface area contributed by atoms with Gasteiger partial charge in [-0.25, -0.2) is 4.39 Å². The van der Waals surface area contributed by atoms with Crippen LogP contribution >= 0.6 is 28.1 Å². The van der Waals surface area contributed by atoms with Crippen molar-refractivity contribution in [3.8, 4) is 0 Å². The average molecular weight is 319 g/mol. The Bertz CT molecular complexity index is 396. The molecule has 0 amide bonds.